The first-order chi connectivity index (χ1) is 17.6. The molecule has 7 heteroatoms. The molecule has 190 valence electrons. The van der Waals surface area contributed by atoms with Gasteiger partial charge < -0.3 is 19.8 Å². The molecule has 0 saturated heterocycles. The number of pyridine rings is 1. The molecule has 0 spiro atoms. The van der Waals surface area contributed by atoms with Gasteiger partial charge in [0, 0.05) is 12.2 Å². The van der Waals surface area contributed by atoms with Crippen molar-refractivity contribution in [2.75, 3.05) is 27.3 Å². The van der Waals surface area contributed by atoms with Gasteiger partial charge in [-0.2, -0.15) is 0 Å². The Balaban J connectivity index is 1.37. The predicted octanol–water partition coefficient (Wildman–Crippen LogP) is 5.36. The van der Waals surface area contributed by atoms with Crippen molar-refractivity contribution in [2.45, 2.75) is 44.6 Å². The van der Waals surface area contributed by atoms with Gasteiger partial charge >= 0.3 is 0 Å². The molecule has 0 fully saturated rings. The number of benzene rings is 2. The second kappa shape index (κ2) is 12.4. The van der Waals surface area contributed by atoms with Crippen LogP contribution in [0.3, 0.4) is 0 Å². The lowest BCUT2D eigenvalue weighted by Crippen LogP contribution is -2.36. The number of rotatable bonds is 11. The summed E-state index contributed by atoms with van der Waals surface area (Å²) in [6.45, 7) is 2.04. The van der Waals surface area contributed by atoms with Crippen LogP contribution in [0.25, 0.3) is 0 Å². The van der Waals surface area contributed by atoms with Crippen molar-refractivity contribution < 1.29 is 19.8 Å². The quantitative estimate of drug-likeness (QED) is 0.163. The zero-order valence-electron chi connectivity index (χ0n) is 21.1. The molecule has 1 aromatic heterocycles. The number of hydrogen-bond donors (Lipinski definition) is 2. The highest BCUT2D eigenvalue weighted by Crippen LogP contribution is 2.41. The Bertz CT molecular complexity index is 1170. The van der Waals surface area contributed by atoms with Crippen molar-refractivity contribution in [3.05, 3.63) is 82.7 Å². The van der Waals surface area contributed by atoms with Crippen LogP contribution in [0, 0.1) is 0 Å². The average molecular weight is 490 g/mol. The van der Waals surface area contributed by atoms with E-state index in [0.29, 0.717) is 5.69 Å². The summed E-state index contributed by atoms with van der Waals surface area (Å²) in [5.74, 6) is 1.58. The first-order valence-electron chi connectivity index (χ1n) is 12.5. The summed E-state index contributed by atoms with van der Waals surface area (Å²) >= 11 is 0. The molecule has 0 radical (unpaired) electrons. The molecule has 4 rings (SSSR count). The van der Waals surface area contributed by atoms with E-state index < -0.39 is 0 Å². The summed E-state index contributed by atoms with van der Waals surface area (Å²) in [5, 5.41) is 21.5. The van der Waals surface area contributed by atoms with Gasteiger partial charge in [-0.1, -0.05) is 48.3 Å². The lowest BCUT2D eigenvalue weighted by molar-refractivity contribution is 0.207. The van der Waals surface area contributed by atoms with Crippen LogP contribution >= 0.6 is 0 Å². The van der Waals surface area contributed by atoms with Crippen molar-refractivity contribution in [3.8, 4) is 17.2 Å². The van der Waals surface area contributed by atoms with E-state index in [1.54, 1.807) is 20.3 Å². The molecular formula is C29H35N3O4. The van der Waals surface area contributed by atoms with Crippen LogP contribution in [-0.2, 0) is 12.8 Å². The van der Waals surface area contributed by atoms with Gasteiger partial charge in [0.1, 0.15) is 11.4 Å². The average Bonchev–Trinajstić information content (AvgIpc) is 2.91. The van der Waals surface area contributed by atoms with Crippen molar-refractivity contribution in [2.24, 2.45) is 5.16 Å². The number of aryl methyl sites for hydroxylation is 1. The number of methoxy groups -OCH3 is 2. The third kappa shape index (κ3) is 5.97. The molecule has 0 amide bonds. The number of nitrogens with zero attached hydrogens (tertiary/aromatic N) is 3. The van der Waals surface area contributed by atoms with Crippen LogP contribution in [0.1, 0.15) is 59.8 Å². The fraction of sp³-hybridized carbons (Fsp3) is 0.379. The summed E-state index contributed by atoms with van der Waals surface area (Å²) in [4.78, 5) is 6.95. The van der Waals surface area contributed by atoms with Crippen molar-refractivity contribution in [1.29, 1.82) is 0 Å². The first-order valence-corrected chi connectivity index (χ1v) is 12.5. The maximum Gasteiger partial charge on any atom is 0.161 e. The molecule has 7 nitrogen and oxygen atoms in total. The Morgan fingerprint density at radius 3 is 2.50 bits per heavy atom. The van der Waals surface area contributed by atoms with E-state index >= 15 is 0 Å². The number of aromatic hydroxyl groups is 1. The van der Waals surface area contributed by atoms with Crippen LogP contribution in [-0.4, -0.2) is 53.7 Å². The smallest absolute Gasteiger partial charge is 0.161 e. The maximum atomic E-state index is 9.77. The minimum Gasteiger partial charge on any atom is -0.506 e. The zero-order valence-corrected chi connectivity index (χ0v) is 21.1. The number of hydrogen-bond acceptors (Lipinski definition) is 7. The Hall–Kier alpha value is -3.58. The minimum absolute atomic E-state index is 0.0173. The molecule has 0 saturated carbocycles. The second-order valence-electron chi connectivity index (χ2n) is 9.12. The van der Waals surface area contributed by atoms with Crippen molar-refractivity contribution in [1.82, 2.24) is 9.88 Å². The summed E-state index contributed by atoms with van der Waals surface area (Å²) in [6, 6.07) is 18.6. The first kappa shape index (κ1) is 25.5. The molecule has 0 bridgehead atoms. The fourth-order valence-corrected chi connectivity index (χ4v) is 5.04. The van der Waals surface area contributed by atoms with E-state index in [9.17, 15) is 5.11 Å². The third-order valence-electron chi connectivity index (χ3n) is 6.86. The van der Waals surface area contributed by atoms with Gasteiger partial charge in [-0.3, -0.25) is 4.90 Å². The van der Waals surface area contributed by atoms with E-state index in [1.807, 2.05) is 6.07 Å². The lowest BCUT2D eigenvalue weighted by Gasteiger charge is -2.38. The van der Waals surface area contributed by atoms with Gasteiger partial charge in [-0.25, -0.2) is 4.98 Å². The summed E-state index contributed by atoms with van der Waals surface area (Å²) in [7, 11) is 3.38. The Kier molecular flexibility index (Phi) is 8.79. The van der Waals surface area contributed by atoms with E-state index in [2.05, 4.69) is 57.5 Å². The predicted molar refractivity (Wildman–Crippen MR) is 141 cm³/mol. The Labute approximate surface area is 213 Å². The molecule has 2 aromatic carbocycles. The summed E-state index contributed by atoms with van der Waals surface area (Å²) < 4.78 is 11.2. The highest BCUT2D eigenvalue weighted by atomic mass is 16.5. The summed E-state index contributed by atoms with van der Waals surface area (Å²) in [5.41, 5.74) is 5.10. The number of ether oxygens (including phenoxy) is 2. The van der Waals surface area contributed by atoms with Gasteiger partial charge in [0.05, 0.1) is 26.5 Å². The van der Waals surface area contributed by atoms with Gasteiger partial charge in [0.2, 0.25) is 0 Å². The van der Waals surface area contributed by atoms with Crippen molar-refractivity contribution >= 4 is 6.21 Å². The standard InChI is InChI=1S/C29H35N3O4/c1-35-27-18-22-15-17-32(29(21-10-6-5-7-11-21)24(22)19-28(27)36-2)16-9-4-3-8-12-23-13-14-26(33)25(31-23)20-30-34/h5-7,10-11,13-14,18-20,29,33-34H,3-4,8-9,12,15-17H2,1-2H3/b30-20+. The van der Waals surface area contributed by atoms with E-state index in [-0.39, 0.29) is 11.8 Å². The third-order valence-corrected chi connectivity index (χ3v) is 6.86. The Morgan fingerprint density at radius 2 is 1.75 bits per heavy atom. The van der Waals surface area contributed by atoms with Gasteiger partial charge in [0.15, 0.2) is 11.5 Å². The normalized spacial score (nSPS) is 15.7. The van der Waals surface area contributed by atoms with Crippen LogP contribution in [0.4, 0.5) is 0 Å². The molecule has 2 heterocycles. The van der Waals surface area contributed by atoms with Crippen LogP contribution in [0.5, 0.6) is 17.2 Å². The van der Waals surface area contributed by atoms with Gasteiger partial charge in [-0.05, 0) is 73.2 Å². The van der Waals surface area contributed by atoms with Crippen LogP contribution in [0.2, 0.25) is 0 Å². The molecule has 1 atom stereocenters. The number of fused-ring (bicyclic) bond motifs is 1. The molecule has 36 heavy (non-hydrogen) atoms. The topological polar surface area (TPSA) is 87.4 Å². The van der Waals surface area contributed by atoms with Gasteiger partial charge in [0.25, 0.3) is 0 Å². The molecule has 1 aliphatic rings. The highest BCUT2D eigenvalue weighted by molar-refractivity contribution is 5.80. The molecule has 2 N–H and O–H groups in total. The Morgan fingerprint density at radius 1 is 1.00 bits per heavy atom. The van der Waals surface area contributed by atoms with Crippen molar-refractivity contribution in [3.63, 3.8) is 0 Å². The fourth-order valence-electron chi connectivity index (χ4n) is 5.04. The second-order valence-corrected chi connectivity index (χ2v) is 9.12. The molecule has 1 aliphatic heterocycles. The van der Waals surface area contributed by atoms with Gasteiger partial charge in [-0.15, -0.1) is 0 Å². The lowest BCUT2D eigenvalue weighted by atomic mass is 9.87. The van der Waals surface area contributed by atoms with E-state index in [4.69, 9.17) is 14.7 Å². The zero-order chi connectivity index (χ0) is 25.3. The van der Waals surface area contributed by atoms with E-state index in [0.717, 1.165) is 75.0 Å². The largest absolute Gasteiger partial charge is 0.506 e. The molecule has 3 aromatic rings. The number of oxime groups is 1. The molecule has 0 aliphatic carbocycles. The SMILES string of the molecule is COc1cc2c(cc1OC)C(c1ccccc1)N(CCCCCCc1ccc(O)c(/C=N/O)n1)CC2. The highest BCUT2D eigenvalue weighted by Gasteiger charge is 2.30. The van der Waals surface area contributed by atoms with Crippen LogP contribution < -0.4 is 9.47 Å². The maximum absolute atomic E-state index is 9.77. The molecular weight excluding hydrogens is 454 g/mol. The molecule has 1 unspecified atom stereocenters. The van der Waals surface area contributed by atoms with Crippen LogP contribution in [0.15, 0.2) is 59.8 Å². The number of unbranched alkanes of at least 4 members (excludes halogenated alkanes) is 3. The number of aromatic nitrogens is 1. The monoisotopic (exact) mass is 489 g/mol. The van der Waals surface area contributed by atoms with E-state index in [1.165, 1.54) is 16.7 Å². The summed E-state index contributed by atoms with van der Waals surface area (Å²) in [6.07, 6.45) is 7.37. The minimum atomic E-state index is 0.0173.